The maximum atomic E-state index is 11.1. The van der Waals surface area contributed by atoms with E-state index in [2.05, 4.69) is 0 Å². The number of hydrogen-bond acceptors (Lipinski definition) is 3. The van der Waals surface area contributed by atoms with E-state index in [1.54, 1.807) is 0 Å². The quantitative estimate of drug-likeness (QED) is 0.636. The van der Waals surface area contributed by atoms with E-state index in [-0.39, 0.29) is 12.2 Å². The van der Waals surface area contributed by atoms with Crippen LogP contribution in [0, 0.1) is 5.92 Å². The molecule has 0 amide bonds. The van der Waals surface area contributed by atoms with E-state index in [4.69, 9.17) is 9.47 Å². The molecule has 0 bridgehead atoms. The average molecular weight is 188 g/mol. The monoisotopic (exact) mass is 188 g/mol. The molecule has 78 valence electrons. The van der Waals surface area contributed by atoms with Crippen LogP contribution in [0.25, 0.3) is 0 Å². The standard InChI is InChI=1S/C10H20O3/c1-6-8(4)12-10(11)13-9(5)7(2)3/h7-9H,6H2,1-5H3/t8-,9+/m1/s1. The molecule has 0 rings (SSSR count). The van der Waals surface area contributed by atoms with E-state index in [1.165, 1.54) is 0 Å². The molecule has 0 saturated heterocycles. The third-order valence-corrected chi connectivity index (χ3v) is 2.09. The van der Waals surface area contributed by atoms with Crippen LogP contribution in [0.15, 0.2) is 0 Å². The van der Waals surface area contributed by atoms with Crippen molar-refractivity contribution >= 4 is 6.16 Å². The van der Waals surface area contributed by atoms with Gasteiger partial charge in [0.25, 0.3) is 0 Å². The van der Waals surface area contributed by atoms with Gasteiger partial charge >= 0.3 is 6.16 Å². The van der Waals surface area contributed by atoms with Gasteiger partial charge in [0, 0.05) is 0 Å². The van der Waals surface area contributed by atoms with Crippen LogP contribution in [0.5, 0.6) is 0 Å². The molecule has 13 heavy (non-hydrogen) atoms. The Kier molecular flexibility index (Phi) is 5.51. The molecule has 0 unspecified atom stereocenters. The number of carbonyl (C=O) groups is 1. The molecule has 0 aliphatic carbocycles. The molecule has 0 aromatic carbocycles. The van der Waals surface area contributed by atoms with E-state index < -0.39 is 6.16 Å². The Morgan fingerprint density at radius 1 is 1.15 bits per heavy atom. The van der Waals surface area contributed by atoms with Gasteiger partial charge in [0.1, 0.15) is 12.2 Å². The van der Waals surface area contributed by atoms with Crippen molar-refractivity contribution in [1.82, 2.24) is 0 Å². The summed E-state index contributed by atoms with van der Waals surface area (Å²) in [5.74, 6) is 0.324. The van der Waals surface area contributed by atoms with Crippen molar-refractivity contribution in [3.63, 3.8) is 0 Å². The number of hydrogen-bond donors (Lipinski definition) is 0. The summed E-state index contributed by atoms with van der Waals surface area (Å²) in [6, 6.07) is 0. The summed E-state index contributed by atoms with van der Waals surface area (Å²) >= 11 is 0. The highest BCUT2D eigenvalue weighted by Crippen LogP contribution is 2.07. The van der Waals surface area contributed by atoms with Gasteiger partial charge in [-0.15, -0.1) is 0 Å². The molecule has 0 heterocycles. The molecule has 0 fully saturated rings. The van der Waals surface area contributed by atoms with E-state index in [9.17, 15) is 4.79 Å². The third kappa shape index (κ3) is 5.50. The summed E-state index contributed by atoms with van der Waals surface area (Å²) in [4.78, 5) is 11.1. The highest BCUT2D eigenvalue weighted by molar-refractivity contribution is 5.60. The first-order valence-electron chi connectivity index (χ1n) is 4.84. The van der Waals surface area contributed by atoms with Crippen molar-refractivity contribution < 1.29 is 14.3 Å². The summed E-state index contributed by atoms with van der Waals surface area (Å²) in [6.07, 6.45) is 0.101. The number of carbonyl (C=O) groups excluding carboxylic acids is 1. The molecule has 0 aliphatic rings. The molecule has 3 nitrogen and oxygen atoms in total. The molecule has 2 atom stereocenters. The second kappa shape index (κ2) is 5.84. The first-order chi connectivity index (χ1) is 5.97. The molecule has 0 saturated carbocycles. The molecular formula is C10H20O3. The normalized spacial score (nSPS) is 15.2. The SMILES string of the molecule is CC[C@@H](C)OC(=O)O[C@@H](C)C(C)C. The van der Waals surface area contributed by atoms with Crippen molar-refractivity contribution in [3.8, 4) is 0 Å². The lowest BCUT2D eigenvalue weighted by Crippen LogP contribution is -2.23. The summed E-state index contributed by atoms with van der Waals surface area (Å²) < 4.78 is 9.98. The Bertz CT molecular complexity index is 154. The van der Waals surface area contributed by atoms with Gasteiger partial charge in [0.15, 0.2) is 0 Å². The maximum Gasteiger partial charge on any atom is 0.508 e. The lowest BCUT2D eigenvalue weighted by Gasteiger charge is -2.17. The van der Waals surface area contributed by atoms with Crippen LogP contribution in [0.1, 0.15) is 41.0 Å². The minimum absolute atomic E-state index is 0.0631. The lowest BCUT2D eigenvalue weighted by atomic mass is 10.1. The van der Waals surface area contributed by atoms with Gasteiger partial charge < -0.3 is 9.47 Å². The zero-order valence-corrected chi connectivity index (χ0v) is 9.16. The third-order valence-electron chi connectivity index (χ3n) is 2.09. The fourth-order valence-electron chi connectivity index (χ4n) is 0.563. The fourth-order valence-corrected chi connectivity index (χ4v) is 0.563. The number of ether oxygens (including phenoxy) is 2. The largest absolute Gasteiger partial charge is 0.508 e. The van der Waals surface area contributed by atoms with Gasteiger partial charge in [-0.2, -0.15) is 0 Å². The molecule has 0 aromatic rings. The average Bonchev–Trinajstić information content (AvgIpc) is 2.03. The Morgan fingerprint density at radius 3 is 2.08 bits per heavy atom. The predicted molar refractivity (Wildman–Crippen MR) is 51.6 cm³/mol. The summed E-state index contributed by atoms with van der Waals surface area (Å²) in [6.45, 7) is 9.68. The topological polar surface area (TPSA) is 35.5 Å². The zero-order valence-electron chi connectivity index (χ0n) is 9.16. The van der Waals surface area contributed by atoms with Crippen molar-refractivity contribution in [2.75, 3.05) is 0 Å². The summed E-state index contributed by atoms with van der Waals surface area (Å²) in [5, 5.41) is 0. The van der Waals surface area contributed by atoms with Crippen molar-refractivity contribution in [1.29, 1.82) is 0 Å². The van der Waals surface area contributed by atoms with Crippen LogP contribution in [0.3, 0.4) is 0 Å². The first kappa shape index (κ1) is 12.3. The van der Waals surface area contributed by atoms with Gasteiger partial charge in [0.2, 0.25) is 0 Å². The Labute approximate surface area is 80.4 Å². The second-order valence-corrected chi connectivity index (χ2v) is 3.65. The van der Waals surface area contributed by atoms with Crippen LogP contribution in [-0.4, -0.2) is 18.4 Å². The molecule has 0 spiro atoms. The van der Waals surface area contributed by atoms with Gasteiger partial charge in [-0.05, 0) is 26.2 Å². The minimum atomic E-state index is -0.560. The van der Waals surface area contributed by atoms with Crippen LogP contribution in [0.4, 0.5) is 4.79 Å². The zero-order chi connectivity index (χ0) is 10.4. The highest BCUT2D eigenvalue weighted by atomic mass is 16.7. The van der Waals surface area contributed by atoms with E-state index >= 15 is 0 Å². The number of rotatable bonds is 4. The minimum Gasteiger partial charge on any atom is -0.431 e. The predicted octanol–water partition coefficient (Wildman–Crippen LogP) is 2.98. The molecular weight excluding hydrogens is 168 g/mol. The Balaban J connectivity index is 3.74. The smallest absolute Gasteiger partial charge is 0.431 e. The first-order valence-corrected chi connectivity index (χ1v) is 4.84. The van der Waals surface area contributed by atoms with E-state index in [0.717, 1.165) is 6.42 Å². The van der Waals surface area contributed by atoms with Gasteiger partial charge in [-0.25, -0.2) is 4.79 Å². The van der Waals surface area contributed by atoms with Crippen LogP contribution >= 0.6 is 0 Å². The maximum absolute atomic E-state index is 11.1. The van der Waals surface area contributed by atoms with Crippen molar-refractivity contribution in [3.05, 3.63) is 0 Å². The molecule has 0 radical (unpaired) electrons. The Hall–Kier alpha value is -0.730. The van der Waals surface area contributed by atoms with Gasteiger partial charge in [-0.3, -0.25) is 0 Å². The highest BCUT2D eigenvalue weighted by Gasteiger charge is 2.15. The van der Waals surface area contributed by atoms with Crippen LogP contribution in [0.2, 0.25) is 0 Å². The van der Waals surface area contributed by atoms with Gasteiger partial charge in [-0.1, -0.05) is 20.8 Å². The fraction of sp³-hybridized carbons (Fsp3) is 0.900. The molecule has 0 N–H and O–H groups in total. The van der Waals surface area contributed by atoms with Crippen molar-refractivity contribution in [2.24, 2.45) is 5.92 Å². The lowest BCUT2D eigenvalue weighted by molar-refractivity contribution is -0.00483. The Morgan fingerprint density at radius 2 is 1.69 bits per heavy atom. The summed E-state index contributed by atoms with van der Waals surface area (Å²) in [7, 11) is 0. The van der Waals surface area contributed by atoms with Crippen LogP contribution in [-0.2, 0) is 9.47 Å². The van der Waals surface area contributed by atoms with E-state index in [1.807, 2.05) is 34.6 Å². The van der Waals surface area contributed by atoms with E-state index in [0.29, 0.717) is 5.92 Å². The summed E-state index contributed by atoms with van der Waals surface area (Å²) in [5.41, 5.74) is 0. The molecule has 0 aromatic heterocycles. The van der Waals surface area contributed by atoms with Crippen molar-refractivity contribution in [2.45, 2.75) is 53.2 Å². The second-order valence-electron chi connectivity index (χ2n) is 3.65. The van der Waals surface area contributed by atoms with Crippen LogP contribution < -0.4 is 0 Å². The molecule has 3 heteroatoms. The molecule has 0 aliphatic heterocycles. The van der Waals surface area contributed by atoms with Gasteiger partial charge in [0.05, 0.1) is 0 Å².